The Morgan fingerprint density at radius 3 is 2.88 bits per heavy atom. The number of nitrogens with one attached hydrogen (secondary N) is 1. The second-order valence-corrected chi connectivity index (χ2v) is 5.96. The van der Waals surface area contributed by atoms with Gasteiger partial charge in [-0.05, 0) is 43.5 Å². The molecule has 0 radical (unpaired) electrons. The lowest BCUT2D eigenvalue weighted by Gasteiger charge is -2.26. The van der Waals surface area contributed by atoms with Gasteiger partial charge >= 0.3 is 0 Å². The van der Waals surface area contributed by atoms with Crippen molar-refractivity contribution in [3.8, 4) is 5.75 Å². The van der Waals surface area contributed by atoms with E-state index in [-0.39, 0.29) is 24.0 Å². The molecule has 7 heteroatoms. The number of nitrogens with two attached hydrogens (primary N) is 1. The molecule has 0 unspecified atom stereocenters. The topological polar surface area (TPSA) is 72.1 Å². The van der Waals surface area contributed by atoms with Gasteiger partial charge in [-0.1, -0.05) is 12.1 Å². The van der Waals surface area contributed by atoms with Crippen LogP contribution in [0.15, 0.2) is 29.3 Å². The van der Waals surface area contributed by atoms with E-state index in [4.69, 9.17) is 15.2 Å². The summed E-state index contributed by atoms with van der Waals surface area (Å²) in [6.07, 6.45) is 3.02. The zero-order chi connectivity index (χ0) is 17.0. The van der Waals surface area contributed by atoms with Crippen LogP contribution in [0.4, 0.5) is 0 Å². The molecule has 142 valence electrons. The van der Waals surface area contributed by atoms with E-state index < -0.39 is 0 Å². The second-order valence-electron chi connectivity index (χ2n) is 5.96. The highest BCUT2D eigenvalue weighted by Crippen LogP contribution is 2.13. The van der Waals surface area contributed by atoms with Crippen LogP contribution in [0.3, 0.4) is 0 Å². The Morgan fingerprint density at radius 2 is 2.12 bits per heavy atom. The highest BCUT2D eigenvalue weighted by Gasteiger charge is 2.08. The van der Waals surface area contributed by atoms with Gasteiger partial charge in [0.2, 0.25) is 0 Å². The first-order valence-electron chi connectivity index (χ1n) is 8.75. The first-order chi connectivity index (χ1) is 11.8. The molecular formula is C18H31IN4O2. The molecule has 0 spiro atoms. The fraction of sp³-hybridized carbons (Fsp3) is 0.611. The Balaban J connectivity index is 0.00000312. The lowest BCUT2D eigenvalue weighted by Crippen LogP contribution is -2.39. The van der Waals surface area contributed by atoms with Crippen LogP contribution >= 0.6 is 24.0 Å². The average molecular weight is 462 g/mol. The minimum atomic E-state index is 0. The van der Waals surface area contributed by atoms with Crippen molar-refractivity contribution in [1.82, 2.24) is 10.2 Å². The Bertz CT molecular complexity index is 508. The minimum Gasteiger partial charge on any atom is -0.497 e. The van der Waals surface area contributed by atoms with Gasteiger partial charge in [-0.3, -0.25) is 9.89 Å². The fourth-order valence-corrected chi connectivity index (χ4v) is 2.71. The van der Waals surface area contributed by atoms with Gasteiger partial charge in [0.25, 0.3) is 0 Å². The third-order valence-electron chi connectivity index (χ3n) is 4.10. The molecule has 0 bridgehead atoms. The van der Waals surface area contributed by atoms with Crippen molar-refractivity contribution in [3.63, 3.8) is 0 Å². The van der Waals surface area contributed by atoms with Crippen molar-refractivity contribution in [2.24, 2.45) is 10.7 Å². The summed E-state index contributed by atoms with van der Waals surface area (Å²) in [5.74, 6) is 1.44. The maximum atomic E-state index is 5.90. The fourth-order valence-electron chi connectivity index (χ4n) is 2.71. The van der Waals surface area contributed by atoms with Crippen LogP contribution in [-0.2, 0) is 11.2 Å². The van der Waals surface area contributed by atoms with Crippen molar-refractivity contribution in [1.29, 1.82) is 0 Å². The van der Waals surface area contributed by atoms with Gasteiger partial charge in [-0.15, -0.1) is 24.0 Å². The molecule has 0 amide bonds. The van der Waals surface area contributed by atoms with Gasteiger partial charge < -0.3 is 20.5 Å². The monoisotopic (exact) mass is 462 g/mol. The summed E-state index contributed by atoms with van der Waals surface area (Å²) in [7, 11) is 1.69. The number of morpholine rings is 1. The maximum absolute atomic E-state index is 5.90. The van der Waals surface area contributed by atoms with E-state index in [2.05, 4.69) is 27.3 Å². The van der Waals surface area contributed by atoms with Gasteiger partial charge in [-0.2, -0.15) is 0 Å². The van der Waals surface area contributed by atoms with Crippen LogP contribution in [0.5, 0.6) is 5.75 Å². The zero-order valence-electron chi connectivity index (χ0n) is 15.1. The molecule has 1 aromatic rings. The van der Waals surface area contributed by atoms with Crippen molar-refractivity contribution >= 4 is 29.9 Å². The van der Waals surface area contributed by atoms with Crippen molar-refractivity contribution in [3.05, 3.63) is 29.8 Å². The van der Waals surface area contributed by atoms with Crippen molar-refractivity contribution < 1.29 is 9.47 Å². The lowest BCUT2D eigenvalue weighted by atomic mass is 10.1. The Labute approximate surface area is 168 Å². The molecule has 6 nitrogen and oxygen atoms in total. The average Bonchev–Trinajstić information content (AvgIpc) is 2.63. The number of hydrogen-bond donors (Lipinski definition) is 2. The summed E-state index contributed by atoms with van der Waals surface area (Å²) in [5, 5.41) is 3.19. The highest BCUT2D eigenvalue weighted by atomic mass is 127. The Kier molecular flexibility index (Phi) is 11.6. The molecule has 1 aromatic carbocycles. The van der Waals surface area contributed by atoms with Crippen LogP contribution in [0.2, 0.25) is 0 Å². The molecule has 0 atom stereocenters. The number of ether oxygens (including phenoxy) is 2. The number of benzene rings is 1. The number of nitrogens with zero attached hydrogens (tertiary/aromatic N) is 2. The molecule has 0 aliphatic carbocycles. The SMILES string of the molecule is COc1cccc(CCCN=C(N)NCCCN2CCOCC2)c1.I. The molecule has 1 saturated heterocycles. The quantitative estimate of drug-likeness (QED) is 0.254. The van der Waals surface area contributed by atoms with E-state index in [1.54, 1.807) is 7.11 Å². The van der Waals surface area contributed by atoms with E-state index in [1.165, 1.54) is 5.56 Å². The van der Waals surface area contributed by atoms with Crippen LogP contribution < -0.4 is 15.8 Å². The number of hydrogen-bond acceptors (Lipinski definition) is 4. The minimum absolute atomic E-state index is 0. The Hall–Kier alpha value is -1.06. The van der Waals surface area contributed by atoms with Gasteiger partial charge in [0.1, 0.15) is 5.75 Å². The summed E-state index contributed by atoms with van der Waals surface area (Å²) in [6.45, 7) is 6.46. The third-order valence-corrected chi connectivity index (χ3v) is 4.10. The summed E-state index contributed by atoms with van der Waals surface area (Å²) < 4.78 is 10.6. The van der Waals surface area contributed by atoms with E-state index in [0.717, 1.165) is 70.9 Å². The first kappa shape index (κ1) is 22.0. The molecule has 0 aromatic heterocycles. The van der Waals surface area contributed by atoms with E-state index in [1.807, 2.05) is 12.1 Å². The number of guanidine groups is 1. The maximum Gasteiger partial charge on any atom is 0.188 e. The predicted octanol–water partition coefficient (Wildman–Crippen LogP) is 1.87. The predicted molar refractivity (Wildman–Crippen MR) is 113 cm³/mol. The summed E-state index contributed by atoms with van der Waals surface area (Å²) >= 11 is 0. The first-order valence-corrected chi connectivity index (χ1v) is 8.75. The second kappa shape index (κ2) is 13.2. The van der Waals surface area contributed by atoms with Gasteiger partial charge in [0.05, 0.1) is 20.3 Å². The number of aryl methyl sites for hydroxylation is 1. The zero-order valence-corrected chi connectivity index (χ0v) is 17.4. The molecule has 2 rings (SSSR count). The normalized spacial score (nSPS) is 15.5. The van der Waals surface area contributed by atoms with Gasteiger partial charge in [0.15, 0.2) is 5.96 Å². The van der Waals surface area contributed by atoms with E-state index >= 15 is 0 Å². The number of methoxy groups -OCH3 is 1. The van der Waals surface area contributed by atoms with Crippen molar-refractivity contribution in [2.45, 2.75) is 19.3 Å². The van der Waals surface area contributed by atoms with Crippen LogP contribution in [0, 0.1) is 0 Å². The molecule has 1 aliphatic heterocycles. The molecule has 3 N–H and O–H groups in total. The summed E-state index contributed by atoms with van der Waals surface area (Å²) in [4.78, 5) is 6.81. The number of aliphatic imine (C=N–C) groups is 1. The number of halogens is 1. The molecular weight excluding hydrogens is 431 g/mol. The molecule has 25 heavy (non-hydrogen) atoms. The molecule has 0 saturated carbocycles. The lowest BCUT2D eigenvalue weighted by molar-refractivity contribution is 0.0376. The number of rotatable bonds is 9. The van der Waals surface area contributed by atoms with Crippen LogP contribution in [-0.4, -0.2) is 63.9 Å². The van der Waals surface area contributed by atoms with Crippen molar-refractivity contribution in [2.75, 3.05) is 53.0 Å². The smallest absolute Gasteiger partial charge is 0.188 e. The molecule has 1 fully saturated rings. The van der Waals surface area contributed by atoms with Crippen LogP contribution in [0.1, 0.15) is 18.4 Å². The third kappa shape index (κ3) is 9.27. The standard InChI is InChI=1S/C18H30N4O2.HI/c1-23-17-7-2-5-16(15-17)6-3-8-20-18(19)21-9-4-10-22-11-13-24-14-12-22;/h2,5,7,15H,3-4,6,8-14H2,1H3,(H3,19,20,21);1H. The molecule has 1 aliphatic rings. The van der Waals surface area contributed by atoms with Crippen LogP contribution in [0.25, 0.3) is 0 Å². The summed E-state index contributed by atoms with van der Waals surface area (Å²) in [6, 6.07) is 8.15. The van der Waals surface area contributed by atoms with Gasteiger partial charge in [-0.25, -0.2) is 0 Å². The summed E-state index contributed by atoms with van der Waals surface area (Å²) in [5.41, 5.74) is 7.17. The highest BCUT2D eigenvalue weighted by molar-refractivity contribution is 14.0. The van der Waals surface area contributed by atoms with Gasteiger partial charge in [0, 0.05) is 26.2 Å². The largest absolute Gasteiger partial charge is 0.497 e. The van der Waals surface area contributed by atoms with E-state index in [9.17, 15) is 0 Å². The molecule has 1 heterocycles. The van der Waals surface area contributed by atoms with E-state index in [0.29, 0.717) is 5.96 Å². The Morgan fingerprint density at radius 1 is 1.32 bits per heavy atom.